The Kier molecular flexibility index (Phi) is 2.65. The Bertz CT molecular complexity index is 289. The highest BCUT2D eigenvalue weighted by Crippen LogP contribution is 2.23. The van der Waals surface area contributed by atoms with Crippen LogP contribution in [0.5, 0.6) is 0 Å². The monoisotopic (exact) mass is 206 g/mol. The summed E-state index contributed by atoms with van der Waals surface area (Å²) in [6, 6.07) is 2.71. The zero-order valence-corrected chi connectivity index (χ0v) is 7.93. The van der Waals surface area contributed by atoms with Crippen LogP contribution < -0.4 is 5.73 Å². The first-order valence-electron chi connectivity index (χ1n) is 3.35. The van der Waals surface area contributed by atoms with E-state index in [9.17, 15) is 4.79 Å². The molecule has 1 rings (SSSR count). The lowest BCUT2D eigenvalue weighted by Crippen LogP contribution is -2.23. The molecule has 0 aliphatic heterocycles. The summed E-state index contributed by atoms with van der Waals surface area (Å²) in [5.74, 6) is -0.463. The molecule has 0 spiro atoms. The lowest BCUT2D eigenvalue weighted by atomic mass is 10.3. The number of hydrogen-bond acceptors (Lipinski definition) is 1. The molecule has 12 heavy (non-hydrogen) atoms. The van der Waals surface area contributed by atoms with Gasteiger partial charge < -0.3 is 10.3 Å². The van der Waals surface area contributed by atoms with E-state index in [1.807, 2.05) is 0 Å². The second-order valence-corrected chi connectivity index (χ2v) is 3.20. The number of carbonyl (C=O) groups is 1. The zero-order chi connectivity index (χ0) is 9.30. The highest BCUT2D eigenvalue weighted by atomic mass is 35.5. The van der Waals surface area contributed by atoms with Gasteiger partial charge in [0.1, 0.15) is 16.3 Å². The molecule has 1 heterocycles. The van der Waals surface area contributed by atoms with Gasteiger partial charge in [-0.1, -0.05) is 23.2 Å². The Morgan fingerprint density at radius 1 is 1.50 bits per heavy atom. The van der Waals surface area contributed by atoms with Gasteiger partial charge in [-0.15, -0.1) is 0 Å². The number of hydrogen-bond donors (Lipinski definition) is 1. The average molecular weight is 207 g/mol. The molecule has 1 aromatic heterocycles. The van der Waals surface area contributed by atoms with Gasteiger partial charge in [0.05, 0.1) is 0 Å². The quantitative estimate of drug-likeness (QED) is 0.790. The number of nitrogens with two attached hydrogens (primary N) is 1. The topological polar surface area (TPSA) is 48.0 Å². The van der Waals surface area contributed by atoms with E-state index in [4.69, 9.17) is 28.9 Å². The van der Waals surface area contributed by atoms with Crippen LogP contribution in [-0.4, -0.2) is 10.5 Å². The van der Waals surface area contributed by atoms with Gasteiger partial charge in [-0.25, -0.2) is 0 Å². The summed E-state index contributed by atoms with van der Waals surface area (Å²) in [6.07, 6.45) is 0. The van der Waals surface area contributed by atoms with E-state index >= 15 is 0 Å². The lowest BCUT2D eigenvalue weighted by molar-refractivity contribution is -0.120. The molecule has 0 saturated heterocycles. The average Bonchev–Trinajstić information content (AvgIpc) is 2.30. The molecule has 1 amide bonds. The van der Waals surface area contributed by atoms with Crippen LogP contribution in [-0.2, 0) is 4.79 Å². The van der Waals surface area contributed by atoms with Gasteiger partial charge in [0.25, 0.3) is 0 Å². The van der Waals surface area contributed by atoms with E-state index in [1.165, 1.54) is 4.57 Å². The van der Waals surface area contributed by atoms with E-state index < -0.39 is 11.9 Å². The van der Waals surface area contributed by atoms with Crippen molar-refractivity contribution in [3.8, 4) is 0 Å². The van der Waals surface area contributed by atoms with Crippen molar-refractivity contribution < 1.29 is 4.79 Å². The lowest BCUT2D eigenvalue weighted by Gasteiger charge is -2.11. The Morgan fingerprint density at radius 3 is 2.25 bits per heavy atom. The molecule has 3 nitrogen and oxygen atoms in total. The third kappa shape index (κ3) is 1.57. The molecule has 1 atom stereocenters. The van der Waals surface area contributed by atoms with Crippen LogP contribution in [0.15, 0.2) is 12.1 Å². The largest absolute Gasteiger partial charge is 0.368 e. The number of rotatable bonds is 2. The molecular weight excluding hydrogens is 199 g/mol. The Labute approximate surface area is 80.1 Å². The molecule has 0 aliphatic rings. The second kappa shape index (κ2) is 3.37. The van der Waals surface area contributed by atoms with Crippen molar-refractivity contribution in [2.75, 3.05) is 0 Å². The van der Waals surface area contributed by atoms with Gasteiger partial charge in [-0.2, -0.15) is 0 Å². The predicted molar refractivity (Wildman–Crippen MR) is 48.4 cm³/mol. The van der Waals surface area contributed by atoms with Crippen LogP contribution in [0.1, 0.15) is 13.0 Å². The first-order chi connectivity index (χ1) is 5.54. The molecule has 0 radical (unpaired) electrons. The fourth-order valence-corrected chi connectivity index (χ4v) is 1.54. The normalized spacial score (nSPS) is 12.9. The standard InChI is InChI=1S/C7H8Cl2N2O/c1-4(7(10)12)11-5(8)2-3-6(11)9/h2-4H,1H3,(H2,10,12). The molecular formula is C7H8Cl2N2O. The van der Waals surface area contributed by atoms with E-state index in [0.717, 1.165) is 0 Å². The van der Waals surface area contributed by atoms with Crippen LogP contribution in [0, 0.1) is 0 Å². The second-order valence-electron chi connectivity index (χ2n) is 2.43. The van der Waals surface area contributed by atoms with Crippen molar-refractivity contribution in [2.45, 2.75) is 13.0 Å². The number of carbonyl (C=O) groups excluding carboxylic acids is 1. The predicted octanol–water partition coefficient (Wildman–Crippen LogP) is 1.84. The Hall–Kier alpha value is -0.670. The molecule has 2 N–H and O–H groups in total. The van der Waals surface area contributed by atoms with E-state index in [-0.39, 0.29) is 0 Å². The summed E-state index contributed by atoms with van der Waals surface area (Å²) in [7, 11) is 0. The summed E-state index contributed by atoms with van der Waals surface area (Å²) < 4.78 is 1.46. The van der Waals surface area contributed by atoms with Crippen molar-refractivity contribution in [3.63, 3.8) is 0 Å². The van der Waals surface area contributed by atoms with Crippen molar-refractivity contribution in [1.29, 1.82) is 0 Å². The summed E-state index contributed by atoms with van der Waals surface area (Å²) in [6.45, 7) is 1.64. The first kappa shape index (κ1) is 9.42. The Morgan fingerprint density at radius 2 is 1.92 bits per heavy atom. The van der Waals surface area contributed by atoms with Crippen molar-refractivity contribution in [3.05, 3.63) is 22.4 Å². The fraction of sp³-hybridized carbons (Fsp3) is 0.286. The maximum Gasteiger partial charge on any atom is 0.240 e. The maximum absolute atomic E-state index is 10.8. The first-order valence-corrected chi connectivity index (χ1v) is 4.11. The zero-order valence-electron chi connectivity index (χ0n) is 6.42. The van der Waals surface area contributed by atoms with Gasteiger partial charge in [-0.3, -0.25) is 4.79 Å². The minimum Gasteiger partial charge on any atom is -0.368 e. The molecule has 66 valence electrons. The van der Waals surface area contributed by atoms with Crippen LogP contribution in [0.25, 0.3) is 0 Å². The van der Waals surface area contributed by atoms with E-state index in [2.05, 4.69) is 0 Å². The van der Waals surface area contributed by atoms with Crippen LogP contribution >= 0.6 is 23.2 Å². The van der Waals surface area contributed by atoms with Crippen molar-refractivity contribution in [2.24, 2.45) is 5.73 Å². The third-order valence-electron chi connectivity index (χ3n) is 1.62. The van der Waals surface area contributed by atoms with Gasteiger partial charge >= 0.3 is 0 Å². The molecule has 1 aromatic rings. The summed E-state index contributed by atoms with van der Waals surface area (Å²) in [4.78, 5) is 10.8. The van der Waals surface area contributed by atoms with Crippen molar-refractivity contribution in [1.82, 2.24) is 4.57 Å². The molecule has 0 aliphatic carbocycles. The molecule has 0 aromatic carbocycles. The minimum absolute atomic E-state index is 0.409. The maximum atomic E-state index is 10.8. The number of primary amides is 1. The van der Waals surface area contributed by atoms with Gasteiger partial charge in [-0.05, 0) is 19.1 Å². The minimum atomic E-state index is -0.514. The summed E-state index contributed by atoms with van der Waals surface area (Å²) >= 11 is 11.5. The van der Waals surface area contributed by atoms with Crippen LogP contribution in [0.2, 0.25) is 10.3 Å². The number of halogens is 2. The van der Waals surface area contributed by atoms with E-state index in [1.54, 1.807) is 19.1 Å². The van der Waals surface area contributed by atoms with Crippen LogP contribution in [0.4, 0.5) is 0 Å². The Balaban J connectivity index is 3.08. The highest BCUT2D eigenvalue weighted by molar-refractivity contribution is 6.33. The number of nitrogens with zero attached hydrogens (tertiary/aromatic N) is 1. The van der Waals surface area contributed by atoms with E-state index in [0.29, 0.717) is 10.3 Å². The van der Waals surface area contributed by atoms with Crippen LogP contribution in [0.3, 0.4) is 0 Å². The number of amides is 1. The molecule has 0 bridgehead atoms. The van der Waals surface area contributed by atoms with Crippen molar-refractivity contribution >= 4 is 29.1 Å². The molecule has 1 unspecified atom stereocenters. The number of aromatic nitrogens is 1. The molecule has 5 heteroatoms. The smallest absolute Gasteiger partial charge is 0.240 e. The van der Waals surface area contributed by atoms with Gasteiger partial charge in [0, 0.05) is 0 Å². The highest BCUT2D eigenvalue weighted by Gasteiger charge is 2.15. The van der Waals surface area contributed by atoms with Gasteiger partial charge in [0.15, 0.2) is 0 Å². The third-order valence-corrected chi connectivity index (χ3v) is 2.23. The summed E-state index contributed by atoms with van der Waals surface area (Å²) in [5.41, 5.74) is 5.09. The summed E-state index contributed by atoms with van der Waals surface area (Å²) in [5, 5.41) is 0.817. The molecule has 0 fully saturated rings. The van der Waals surface area contributed by atoms with Gasteiger partial charge in [0.2, 0.25) is 5.91 Å². The molecule has 0 saturated carbocycles. The fourth-order valence-electron chi connectivity index (χ4n) is 0.897. The SMILES string of the molecule is CC(C(N)=O)n1c(Cl)ccc1Cl.